The molecule has 3 heterocycles. The van der Waals surface area contributed by atoms with Crippen molar-refractivity contribution >= 4 is 59.8 Å². The summed E-state index contributed by atoms with van der Waals surface area (Å²) in [7, 11) is 0. The summed E-state index contributed by atoms with van der Waals surface area (Å²) in [5, 5.41) is 4.29. The standard InChI is InChI=1S/C20H20N4OS2/c1-10(2)8-12-5-6-13-16(21)17(27-19(13)22-12)18(25)24-20-23-14-7-4-11(3)9-15(14)26-20/h4-7,9-10H,8,21H2,1-3H3,(H,23,24,25). The van der Waals surface area contributed by atoms with Crippen molar-refractivity contribution in [2.24, 2.45) is 5.92 Å². The molecule has 4 aromatic rings. The number of carbonyl (C=O) groups excluding carboxylic acids is 1. The Morgan fingerprint density at radius 1 is 1.19 bits per heavy atom. The number of carbonyl (C=O) groups is 1. The van der Waals surface area contributed by atoms with E-state index in [4.69, 9.17) is 5.73 Å². The number of hydrogen-bond donors (Lipinski definition) is 2. The first-order valence-electron chi connectivity index (χ1n) is 8.77. The number of thiazole rings is 1. The average molecular weight is 397 g/mol. The van der Waals surface area contributed by atoms with Crippen molar-refractivity contribution in [1.82, 2.24) is 9.97 Å². The Labute approximate surface area is 165 Å². The van der Waals surface area contributed by atoms with Gasteiger partial charge in [-0.1, -0.05) is 31.3 Å². The van der Waals surface area contributed by atoms with Gasteiger partial charge in [0.2, 0.25) is 0 Å². The lowest BCUT2D eigenvalue weighted by Gasteiger charge is -2.03. The Hall–Kier alpha value is -2.51. The van der Waals surface area contributed by atoms with Gasteiger partial charge in [0, 0.05) is 11.1 Å². The summed E-state index contributed by atoms with van der Waals surface area (Å²) in [5.74, 6) is 0.286. The molecule has 0 bridgehead atoms. The zero-order chi connectivity index (χ0) is 19.1. The van der Waals surface area contributed by atoms with Gasteiger partial charge in [0.15, 0.2) is 5.13 Å². The molecule has 0 saturated heterocycles. The Kier molecular flexibility index (Phi) is 4.57. The molecule has 0 aliphatic carbocycles. The smallest absolute Gasteiger partial charge is 0.269 e. The number of rotatable bonds is 4. The van der Waals surface area contributed by atoms with Crippen LogP contribution in [0.25, 0.3) is 20.4 Å². The van der Waals surface area contributed by atoms with Crippen molar-refractivity contribution in [3.63, 3.8) is 0 Å². The first-order valence-corrected chi connectivity index (χ1v) is 10.4. The summed E-state index contributed by atoms with van der Waals surface area (Å²) < 4.78 is 1.05. The molecule has 4 rings (SSSR count). The number of benzene rings is 1. The SMILES string of the molecule is Cc1ccc2nc(NC(=O)c3sc4nc(CC(C)C)ccc4c3N)sc2c1. The molecular weight excluding hydrogens is 376 g/mol. The lowest BCUT2D eigenvalue weighted by atomic mass is 10.1. The minimum atomic E-state index is -0.239. The highest BCUT2D eigenvalue weighted by molar-refractivity contribution is 7.23. The number of hydrogen-bond acceptors (Lipinski definition) is 6. The zero-order valence-corrected chi connectivity index (χ0v) is 17.0. The summed E-state index contributed by atoms with van der Waals surface area (Å²) in [6.45, 7) is 6.36. The van der Waals surface area contributed by atoms with Crippen molar-refractivity contribution < 1.29 is 4.79 Å². The van der Waals surface area contributed by atoms with E-state index < -0.39 is 0 Å². The number of amides is 1. The molecule has 5 nitrogen and oxygen atoms in total. The number of fused-ring (bicyclic) bond motifs is 2. The molecule has 3 N–H and O–H groups in total. The molecule has 1 amide bonds. The number of nitrogens with two attached hydrogens (primary N) is 1. The van der Waals surface area contributed by atoms with Crippen LogP contribution in [0.5, 0.6) is 0 Å². The number of aromatic nitrogens is 2. The second-order valence-corrected chi connectivity index (χ2v) is 9.07. The third kappa shape index (κ3) is 3.52. The monoisotopic (exact) mass is 396 g/mol. The van der Waals surface area contributed by atoms with Crippen molar-refractivity contribution in [1.29, 1.82) is 0 Å². The Bertz CT molecular complexity index is 1160. The summed E-state index contributed by atoms with van der Waals surface area (Å²) in [5.41, 5.74) is 9.78. The molecule has 7 heteroatoms. The van der Waals surface area contributed by atoms with Crippen molar-refractivity contribution in [3.05, 3.63) is 46.5 Å². The number of nitrogens with one attached hydrogen (secondary N) is 1. The first-order chi connectivity index (χ1) is 12.9. The predicted molar refractivity (Wildman–Crippen MR) is 115 cm³/mol. The molecule has 3 aromatic heterocycles. The molecule has 0 unspecified atom stereocenters. The number of thiophene rings is 1. The van der Waals surface area contributed by atoms with Gasteiger partial charge in [-0.2, -0.15) is 0 Å². The van der Waals surface area contributed by atoms with E-state index >= 15 is 0 Å². The summed E-state index contributed by atoms with van der Waals surface area (Å²) >= 11 is 2.79. The van der Waals surface area contributed by atoms with Crippen LogP contribution in [0, 0.1) is 12.8 Å². The van der Waals surface area contributed by atoms with Gasteiger partial charge >= 0.3 is 0 Å². The number of anilines is 2. The number of aryl methyl sites for hydroxylation is 1. The molecule has 27 heavy (non-hydrogen) atoms. The Morgan fingerprint density at radius 3 is 2.78 bits per heavy atom. The number of pyridine rings is 1. The van der Waals surface area contributed by atoms with Crippen LogP contribution in [0.2, 0.25) is 0 Å². The van der Waals surface area contributed by atoms with Gasteiger partial charge in [0.1, 0.15) is 9.71 Å². The van der Waals surface area contributed by atoms with E-state index in [0.29, 0.717) is 21.6 Å². The maximum Gasteiger partial charge on any atom is 0.269 e. The maximum absolute atomic E-state index is 12.8. The third-order valence-corrected chi connectivity index (χ3v) is 6.29. The molecule has 0 aliphatic rings. The van der Waals surface area contributed by atoms with E-state index in [0.717, 1.165) is 32.5 Å². The van der Waals surface area contributed by atoms with E-state index in [2.05, 4.69) is 35.2 Å². The maximum atomic E-state index is 12.8. The molecule has 0 saturated carbocycles. The second kappa shape index (κ2) is 6.90. The van der Waals surface area contributed by atoms with Gasteiger partial charge in [-0.25, -0.2) is 9.97 Å². The van der Waals surface area contributed by atoms with E-state index in [9.17, 15) is 4.79 Å². The third-order valence-electron chi connectivity index (χ3n) is 4.24. The summed E-state index contributed by atoms with van der Waals surface area (Å²) in [6.07, 6.45) is 0.903. The van der Waals surface area contributed by atoms with Crippen LogP contribution in [0.15, 0.2) is 30.3 Å². The van der Waals surface area contributed by atoms with E-state index in [-0.39, 0.29) is 5.91 Å². The fourth-order valence-electron chi connectivity index (χ4n) is 2.98. The normalized spacial score (nSPS) is 11.6. The van der Waals surface area contributed by atoms with E-state index in [1.54, 1.807) is 0 Å². The van der Waals surface area contributed by atoms with Crippen LogP contribution < -0.4 is 11.1 Å². The van der Waals surface area contributed by atoms with E-state index in [1.807, 2.05) is 31.2 Å². The highest BCUT2D eigenvalue weighted by Gasteiger charge is 2.19. The Balaban J connectivity index is 1.63. The van der Waals surface area contributed by atoms with Gasteiger partial charge in [-0.3, -0.25) is 10.1 Å². The molecule has 1 aromatic carbocycles. The fraction of sp³-hybridized carbons (Fsp3) is 0.250. The molecule has 0 atom stereocenters. The molecule has 0 spiro atoms. The minimum Gasteiger partial charge on any atom is -0.397 e. The largest absolute Gasteiger partial charge is 0.397 e. The highest BCUT2D eigenvalue weighted by Crippen LogP contribution is 2.34. The highest BCUT2D eigenvalue weighted by atomic mass is 32.1. The van der Waals surface area contributed by atoms with Gasteiger partial charge in [0.25, 0.3) is 5.91 Å². The average Bonchev–Trinajstić information content (AvgIpc) is 3.14. The van der Waals surface area contributed by atoms with Crippen LogP contribution in [-0.2, 0) is 6.42 Å². The fourth-order valence-corrected chi connectivity index (χ4v) is 4.94. The number of nitrogens with zero attached hydrogens (tertiary/aromatic N) is 2. The van der Waals surface area contributed by atoms with Crippen molar-refractivity contribution in [3.8, 4) is 0 Å². The number of nitrogen functional groups attached to an aromatic ring is 1. The molecule has 138 valence electrons. The molecule has 0 fully saturated rings. The van der Waals surface area contributed by atoms with Gasteiger partial charge in [-0.15, -0.1) is 11.3 Å². The van der Waals surface area contributed by atoms with Gasteiger partial charge in [0.05, 0.1) is 15.9 Å². The van der Waals surface area contributed by atoms with Crippen LogP contribution in [0.3, 0.4) is 0 Å². The van der Waals surface area contributed by atoms with Crippen molar-refractivity contribution in [2.75, 3.05) is 11.1 Å². The predicted octanol–water partition coefficient (Wildman–Crippen LogP) is 5.25. The molecule has 0 aliphatic heterocycles. The topological polar surface area (TPSA) is 80.9 Å². The summed E-state index contributed by atoms with van der Waals surface area (Å²) in [4.78, 5) is 23.2. The van der Waals surface area contributed by atoms with Crippen LogP contribution >= 0.6 is 22.7 Å². The Morgan fingerprint density at radius 2 is 2.00 bits per heavy atom. The molecule has 0 radical (unpaired) electrons. The zero-order valence-electron chi connectivity index (χ0n) is 15.4. The van der Waals surface area contributed by atoms with Crippen molar-refractivity contribution in [2.45, 2.75) is 27.2 Å². The van der Waals surface area contributed by atoms with E-state index in [1.165, 1.54) is 28.2 Å². The quantitative estimate of drug-likeness (QED) is 0.494. The van der Waals surface area contributed by atoms with Gasteiger partial charge < -0.3 is 5.73 Å². The second-order valence-electron chi connectivity index (χ2n) is 7.04. The summed E-state index contributed by atoms with van der Waals surface area (Å²) in [6, 6.07) is 9.99. The lowest BCUT2D eigenvalue weighted by molar-refractivity contribution is 0.103. The minimum absolute atomic E-state index is 0.239. The van der Waals surface area contributed by atoms with Crippen LogP contribution in [0.4, 0.5) is 10.8 Å². The van der Waals surface area contributed by atoms with Crippen LogP contribution in [-0.4, -0.2) is 15.9 Å². The molecular formula is C20H20N4OS2. The lowest BCUT2D eigenvalue weighted by Crippen LogP contribution is -2.11. The van der Waals surface area contributed by atoms with Crippen LogP contribution in [0.1, 0.15) is 34.8 Å². The van der Waals surface area contributed by atoms with Gasteiger partial charge in [-0.05, 0) is 49.1 Å². The first kappa shape index (κ1) is 17.9.